The van der Waals surface area contributed by atoms with Crippen molar-refractivity contribution in [2.45, 2.75) is 6.54 Å². The summed E-state index contributed by atoms with van der Waals surface area (Å²) in [6.07, 6.45) is 0. The van der Waals surface area contributed by atoms with Crippen LogP contribution in [0.5, 0.6) is 0 Å². The molecule has 0 saturated carbocycles. The molecule has 1 rings (SSSR count). The zero-order valence-corrected chi connectivity index (χ0v) is 6.33. The van der Waals surface area contributed by atoms with E-state index < -0.39 is 0 Å². The van der Waals surface area contributed by atoms with Gasteiger partial charge < -0.3 is 0 Å². The summed E-state index contributed by atoms with van der Waals surface area (Å²) >= 11 is 0. The summed E-state index contributed by atoms with van der Waals surface area (Å²) < 4.78 is 12.4. The first-order valence-electron chi connectivity index (χ1n) is 3.34. The third kappa shape index (κ3) is 2.65. The molecule has 0 amide bonds. The van der Waals surface area contributed by atoms with Crippen molar-refractivity contribution in [1.29, 1.82) is 0 Å². The van der Waals surface area contributed by atoms with Crippen LogP contribution in [0.2, 0.25) is 0 Å². The van der Waals surface area contributed by atoms with Crippen molar-refractivity contribution in [3.8, 4) is 0 Å². The number of hydroxylamine groups is 1. The topological polar surface area (TPSA) is 12.5 Å². The largest absolute Gasteiger partial charge is 0.273 e. The summed E-state index contributed by atoms with van der Waals surface area (Å²) in [6, 6.07) is 9.29. The second-order valence-corrected chi connectivity index (χ2v) is 2.14. The highest BCUT2D eigenvalue weighted by Gasteiger charge is 1.99. The Hall–Kier alpha value is -0.930. The van der Waals surface area contributed by atoms with Crippen molar-refractivity contribution >= 4 is 0 Å². The van der Waals surface area contributed by atoms with Crippen molar-refractivity contribution < 1.29 is 9.32 Å². The number of hydrogen-bond donors (Lipinski definition) is 0. The maximum absolute atomic E-state index is 12.4. The highest BCUT2D eigenvalue weighted by atomic mass is 19.2. The second-order valence-electron chi connectivity index (χ2n) is 2.14. The van der Waals surface area contributed by atoms with Crippen LogP contribution in [0.25, 0.3) is 0 Å². The van der Waals surface area contributed by atoms with Crippen LogP contribution >= 0.6 is 0 Å². The third-order valence-corrected chi connectivity index (χ3v) is 1.35. The van der Waals surface area contributed by atoms with E-state index in [0.717, 1.165) is 5.56 Å². The lowest BCUT2D eigenvalue weighted by molar-refractivity contribution is -0.269. The molecule has 1 aromatic rings. The minimum atomic E-state index is 0.164. The Morgan fingerprint density at radius 3 is 2.55 bits per heavy atom. The van der Waals surface area contributed by atoms with Gasteiger partial charge in [-0.1, -0.05) is 30.3 Å². The first-order valence-corrected chi connectivity index (χ1v) is 3.34. The second kappa shape index (κ2) is 4.05. The van der Waals surface area contributed by atoms with E-state index in [1.165, 1.54) is 7.11 Å². The fourth-order valence-corrected chi connectivity index (χ4v) is 0.792. The van der Waals surface area contributed by atoms with Crippen LogP contribution in [0.4, 0.5) is 4.48 Å². The zero-order chi connectivity index (χ0) is 8.10. The minimum absolute atomic E-state index is 0.164. The quantitative estimate of drug-likeness (QED) is 0.488. The first kappa shape index (κ1) is 8.17. The van der Waals surface area contributed by atoms with Crippen LogP contribution in [0.3, 0.4) is 0 Å². The Morgan fingerprint density at radius 2 is 2.00 bits per heavy atom. The van der Waals surface area contributed by atoms with Crippen LogP contribution < -0.4 is 0 Å². The number of nitrogens with zero attached hydrogens (tertiary/aromatic N) is 1. The van der Waals surface area contributed by atoms with Gasteiger partial charge in [-0.2, -0.15) is 0 Å². The minimum Gasteiger partial charge on any atom is -0.273 e. The molecule has 60 valence electrons. The molecular formula is C8H10FNO. The Balaban J connectivity index is 2.51. The van der Waals surface area contributed by atoms with E-state index in [9.17, 15) is 4.48 Å². The van der Waals surface area contributed by atoms with Crippen molar-refractivity contribution in [2.75, 3.05) is 7.11 Å². The van der Waals surface area contributed by atoms with E-state index in [4.69, 9.17) is 0 Å². The van der Waals surface area contributed by atoms with Crippen molar-refractivity contribution in [2.24, 2.45) is 0 Å². The fourth-order valence-electron chi connectivity index (χ4n) is 0.792. The molecule has 0 heterocycles. The fraction of sp³-hybridized carbons (Fsp3) is 0.250. The smallest absolute Gasteiger partial charge is 0.0819 e. The summed E-state index contributed by atoms with van der Waals surface area (Å²) in [5.41, 5.74) is 0.886. The van der Waals surface area contributed by atoms with Gasteiger partial charge in [-0.05, 0) is 10.8 Å². The maximum Gasteiger partial charge on any atom is 0.0819 e. The van der Waals surface area contributed by atoms with Gasteiger partial charge in [0, 0.05) is 0 Å². The van der Waals surface area contributed by atoms with Gasteiger partial charge in [0.25, 0.3) is 0 Å². The predicted octanol–water partition coefficient (Wildman–Crippen LogP) is 1.93. The summed E-state index contributed by atoms with van der Waals surface area (Å²) in [5.74, 6) is 0. The highest BCUT2D eigenvalue weighted by molar-refractivity contribution is 5.13. The average molecular weight is 155 g/mol. The van der Waals surface area contributed by atoms with Crippen LogP contribution in [-0.2, 0) is 11.4 Å². The first-order chi connectivity index (χ1) is 5.33. The summed E-state index contributed by atoms with van der Waals surface area (Å²) in [4.78, 5) is 4.32. The lowest BCUT2D eigenvalue weighted by Crippen LogP contribution is -2.10. The molecule has 0 aliphatic heterocycles. The molecule has 0 bridgehead atoms. The third-order valence-electron chi connectivity index (χ3n) is 1.35. The van der Waals surface area contributed by atoms with E-state index in [2.05, 4.69) is 4.84 Å². The molecule has 11 heavy (non-hydrogen) atoms. The summed E-state index contributed by atoms with van der Waals surface area (Å²) in [7, 11) is 1.29. The average Bonchev–Trinajstić information content (AvgIpc) is 2.06. The molecule has 1 aromatic carbocycles. The standard InChI is InChI=1S/C8H10FNO/c1-11-10(9)7-8-5-3-2-4-6-8/h2-6H,7H2,1H3. The van der Waals surface area contributed by atoms with Crippen molar-refractivity contribution in [1.82, 2.24) is 5.29 Å². The molecule has 0 unspecified atom stereocenters. The van der Waals surface area contributed by atoms with E-state index in [1.807, 2.05) is 30.3 Å². The zero-order valence-electron chi connectivity index (χ0n) is 6.33. The molecule has 0 aliphatic rings. The van der Waals surface area contributed by atoms with Crippen LogP contribution in [0.1, 0.15) is 5.56 Å². The number of halogens is 1. The molecule has 0 radical (unpaired) electrons. The molecule has 0 aliphatic carbocycles. The van der Waals surface area contributed by atoms with Gasteiger partial charge in [0.05, 0.1) is 13.7 Å². The Bertz CT molecular complexity index is 203. The number of hydrogen-bond acceptors (Lipinski definition) is 2. The van der Waals surface area contributed by atoms with E-state index in [1.54, 1.807) is 0 Å². The van der Waals surface area contributed by atoms with Gasteiger partial charge in [0.1, 0.15) is 0 Å². The molecule has 0 saturated heterocycles. The van der Waals surface area contributed by atoms with E-state index in [-0.39, 0.29) is 11.8 Å². The summed E-state index contributed by atoms with van der Waals surface area (Å²) in [6.45, 7) is 0.164. The van der Waals surface area contributed by atoms with Crippen molar-refractivity contribution in [3.05, 3.63) is 35.9 Å². The molecule has 0 spiro atoms. The van der Waals surface area contributed by atoms with Gasteiger partial charge in [0.15, 0.2) is 0 Å². The van der Waals surface area contributed by atoms with Crippen LogP contribution in [0, 0.1) is 0 Å². The highest BCUT2D eigenvalue weighted by Crippen LogP contribution is 2.03. The van der Waals surface area contributed by atoms with E-state index >= 15 is 0 Å². The monoisotopic (exact) mass is 155 g/mol. The van der Waals surface area contributed by atoms with Crippen molar-refractivity contribution in [3.63, 3.8) is 0 Å². The SMILES string of the molecule is CON(F)Cc1ccccc1. The molecule has 0 aromatic heterocycles. The lowest BCUT2D eigenvalue weighted by atomic mass is 10.2. The van der Waals surface area contributed by atoms with Gasteiger partial charge in [-0.3, -0.25) is 4.84 Å². The number of rotatable bonds is 3. The Kier molecular flexibility index (Phi) is 3.01. The Labute approximate surface area is 65.1 Å². The lowest BCUT2D eigenvalue weighted by Gasteiger charge is -2.06. The van der Waals surface area contributed by atoms with E-state index in [0.29, 0.717) is 0 Å². The van der Waals surface area contributed by atoms with Gasteiger partial charge >= 0.3 is 0 Å². The Morgan fingerprint density at radius 1 is 1.36 bits per heavy atom. The molecule has 3 heteroatoms. The maximum atomic E-state index is 12.4. The molecule has 0 N–H and O–H groups in total. The normalized spacial score (nSPS) is 10.5. The molecule has 0 fully saturated rings. The van der Waals surface area contributed by atoms with Gasteiger partial charge in [0.2, 0.25) is 0 Å². The molecular weight excluding hydrogens is 145 g/mol. The van der Waals surface area contributed by atoms with Crippen LogP contribution in [-0.4, -0.2) is 12.4 Å². The molecule has 0 atom stereocenters. The predicted molar refractivity (Wildman–Crippen MR) is 40.1 cm³/mol. The van der Waals surface area contributed by atoms with Crippen LogP contribution in [0.15, 0.2) is 30.3 Å². The summed E-state index contributed by atoms with van der Waals surface area (Å²) in [5, 5.41) is 0.287. The van der Waals surface area contributed by atoms with Gasteiger partial charge in [-0.15, -0.1) is 4.48 Å². The van der Waals surface area contributed by atoms with Gasteiger partial charge in [-0.25, -0.2) is 0 Å². The molecule has 2 nitrogen and oxygen atoms in total. The number of benzene rings is 1.